The molecule has 2 nitrogen and oxygen atoms in total. The van der Waals surface area contributed by atoms with Crippen LogP contribution < -0.4 is 10.1 Å². The number of nitrogens with one attached hydrogen (secondary N) is 1. The number of para-hydroxylation sites is 1. The molecule has 0 aliphatic heterocycles. The minimum atomic E-state index is 0.483. The van der Waals surface area contributed by atoms with Crippen molar-refractivity contribution in [3.8, 4) is 5.75 Å². The fourth-order valence-electron chi connectivity index (χ4n) is 2.39. The van der Waals surface area contributed by atoms with E-state index < -0.39 is 0 Å². The van der Waals surface area contributed by atoms with Gasteiger partial charge in [-0.25, -0.2) is 0 Å². The zero-order chi connectivity index (χ0) is 17.6. The largest absolute Gasteiger partial charge is 0.489 e. The summed E-state index contributed by atoms with van der Waals surface area (Å²) < 4.78 is 5.96. The van der Waals surface area contributed by atoms with Crippen LogP contribution in [0.2, 0.25) is 15.1 Å². The molecule has 0 fully saturated rings. The van der Waals surface area contributed by atoms with E-state index in [0.717, 1.165) is 22.6 Å². The van der Waals surface area contributed by atoms with Crippen LogP contribution in [0, 0.1) is 0 Å². The number of hydrogen-bond acceptors (Lipinski definition) is 2. The van der Waals surface area contributed by atoms with Gasteiger partial charge in [-0.2, -0.15) is 0 Å². The van der Waals surface area contributed by atoms with Gasteiger partial charge in [0.2, 0.25) is 0 Å². The average Bonchev–Trinajstić information content (AvgIpc) is 2.59. The minimum Gasteiger partial charge on any atom is -0.489 e. The zero-order valence-electron chi connectivity index (χ0n) is 13.3. The highest BCUT2D eigenvalue weighted by Crippen LogP contribution is 2.25. The van der Waals surface area contributed by atoms with Crippen LogP contribution in [-0.2, 0) is 13.2 Å². The lowest BCUT2D eigenvalue weighted by Gasteiger charge is -2.13. The number of anilines is 1. The minimum absolute atomic E-state index is 0.483. The molecule has 3 rings (SSSR count). The number of benzene rings is 3. The Bertz CT molecular complexity index is 830. The van der Waals surface area contributed by atoms with E-state index >= 15 is 0 Å². The number of hydrogen-bond donors (Lipinski definition) is 1. The smallest absolute Gasteiger partial charge is 0.124 e. The molecule has 5 heteroatoms. The third kappa shape index (κ3) is 5.30. The van der Waals surface area contributed by atoms with Gasteiger partial charge in [0.15, 0.2) is 0 Å². The van der Waals surface area contributed by atoms with Crippen molar-refractivity contribution in [3.05, 3.63) is 92.9 Å². The first-order valence-electron chi connectivity index (χ1n) is 7.75. The second-order valence-corrected chi connectivity index (χ2v) is 6.84. The molecule has 0 saturated heterocycles. The molecule has 0 atom stereocenters. The third-order valence-corrected chi connectivity index (χ3v) is 4.31. The number of ether oxygens (including phenoxy) is 1. The van der Waals surface area contributed by atoms with Gasteiger partial charge in [0.1, 0.15) is 12.4 Å². The van der Waals surface area contributed by atoms with Crippen molar-refractivity contribution in [2.75, 3.05) is 5.32 Å². The molecular weight excluding hydrogens is 377 g/mol. The quantitative estimate of drug-likeness (QED) is 0.496. The molecule has 0 saturated carbocycles. The van der Waals surface area contributed by atoms with E-state index in [1.807, 2.05) is 60.7 Å². The van der Waals surface area contributed by atoms with Crippen LogP contribution in [-0.4, -0.2) is 0 Å². The molecule has 25 heavy (non-hydrogen) atoms. The Kier molecular flexibility index (Phi) is 6.09. The fourth-order valence-corrected chi connectivity index (χ4v) is 3.04. The molecule has 0 radical (unpaired) electrons. The summed E-state index contributed by atoms with van der Waals surface area (Å²) in [6.45, 7) is 1.09. The van der Waals surface area contributed by atoms with Crippen molar-refractivity contribution < 1.29 is 4.74 Å². The van der Waals surface area contributed by atoms with Crippen molar-refractivity contribution >= 4 is 40.5 Å². The number of halogens is 3. The summed E-state index contributed by atoms with van der Waals surface area (Å²) >= 11 is 18.0. The monoisotopic (exact) mass is 391 g/mol. The van der Waals surface area contributed by atoms with Crippen LogP contribution >= 0.6 is 34.8 Å². The van der Waals surface area contributed by atoms with E-state index in [1.165, 1.54) is 0 Å². The van der Waals surface area contributed by atoms with Crippen LogP contribution in [0.4, 0.5) is 5.69 Å². The molecule has 0 heterocycles. The van der Waals surface area contributed by atoms with E-state index in [9.17, 15) is 0 Å². The van der Waals surface area contributed by atoms with Gasteiger partial charge >= 0.3 is 0 Å². The lowest BCUT2D eigenvalue weighted by atomic mass is 10.2. The molecule has 1 N–H and O–H groups in total. The average molecular weight is 393 g/mol. The first kappa shape index (κ1) is 17.9. The van der Waals surface area contributed by atoms with Crippen molar-refractivity contribution in [3.63, 3.8) is 0 Å². The van der Waals surface area contributed by atoms with Crippen molar-refractivity contribution in [1.82, 2.24) is 0 Å². The van der Waals surface area contributed by atoms with Gasteiger partial charge in [0.25, 0.3) is 0 Å². The molecule has 3 aromatic carbocycles. The van der Waals surface area contributed by atoms with Gasteiger partial charge in [0, 0.05) is 32.9 Å². The summed E-state index contributed by atoms with van der Waals surface area (Å²) in [5.74, 6) is 0.832. The van der Waals surface area contributed by atoms with Crippen molar-refractivity contribution in [2.45, 2.75) is 13.2 Å². The first-order valence-corrected chi connectivity index (χ1v) is 8.89. The lowest BCUT2D eigenvalue weighted by molar-refractivity contribution is 0.303. The topological polar surface area (TPSA) is 21.3 Å². The summed E-state index contributed by atoms with van der Waals surface area (Å²) in [5.41, 5.74) is 2.98. The number of rotatable bonds is 6. The summed E-state index contributed by atoms with van der Waals surface area (Å²) in [6, 6.07) is 20.9. The molecule has 0 amide bonds. The van der Waals surface area contributed by atoms with Crippen LogP contribution in [0.25, 0.3) is 0 Å². The molecule has 0 aromatic heterocycles. The molecule has 3 aromatic rings. The summed E-state index contributed by atoms with van der Waals surface area (Å²) in [4.78, 5) is 0. The molecule has 0 aliphatic rings. The second-order valence-electron chi connectivity index (χ2n) is 5.53. The van der Waals surface area contributed by atoms with Crippen LogP contribution in [0.3, 0.4) is 0 Å². The van der Waals surface area contributed by atoms with Gasteiger partial charge in [0.05, 0.1) is 0 Å². The molecule has 128 valence electrons. The van der Waals surface area contributed by atoms with Gasteiger partial charge in [-0.3, -0.25) is 0 Å². The first-order chi connectivity index (χ1) is 12.1. The molecule has 0 bridgehead atoms. The van der Waals surface area contributed by atoms with E-state index in [2.05, 4.69) is 5.32 Å². The van der Waals surface area contributed by atoms with E-state index in [0.29, 0.717) is 28.2 Å². The third-order valence-electron chi connectivity index (χ3n) is 3.63. The Balaban J connectivity index is 1.67. The summed E-state index contributed by atoms with van der Waals surface area (Å²) in [7, 11) is 0. The van der Waals surface area contributed by atoms with Crippen LogP contribution in [0.15, 0.2) is 66.7 Å². The maximum atomic E-state index is 6.03. The Labute approximate surface area is 162 Å². The highest BCUT2D eigenvalue weighted by molar-refractivity contribution is 6.35. The maximum absolute atomic E-state index is 6.03. The maximum Gasteiger partial charge on any atom is 0.124 e. The van der Waals surface area contributed by atoms with Crippen LogP contribution in [0.1, 0.15) is 11.1 Å². The van der Waals surface area contributed by atoms with Gasteiger partial charge in [-0.15, -0.1) is 0 Å². The fraction of sp³-hybridized carbons (Fsp3) is 0.100. The van der Waals surface area contributed by atoms with Crippen LogP contribution in [0.5, 0.6) is 5.75 Å². The normalized spacial score (nSPS) is 10.5. The highest BCUT2D eigenvalue weighted by atomic mass is 35.5. The van der Waals surface area contributed by atoms with E-state index in [4.69, 9.17) is 39.5 Å². The van der Waals surface area contributed by atoms with Gasteiger partial charge in [-0.05, 0) is 42.0 Å². The molecule has 0 unspecified atom stereocenters. The molecular formula is C20H16Cl3NO. The molecule has 0 spiro atoms. The Morgan fingerprint density at radius 1 is 0.760 bits per heavy atom. The molecule has 0 aliphatic carbocycles. The van der Waals surface area contributed by atoms with Crippen molar-refractivity contribution in [1.29, 1.82) is 0 Å². The standard InChI is InChI=1S/C20H16Cl3NO/c21-16-7-5-14(6-8-16)13-25-20-4-2-1-3-15(20)12-24-19-10-17(22)9-18(23)11-19/h1-11,24H,12-13H2. The van der Waals surface area contributed by atoms with Crippen molar-refractivity contribution in [2.24, 2.45) is 0 Å². The summed E-state index contributed by atoms with van der Waals surface area (Å²) in [5, 5.41) is 5.24. The Hall–Kier alpha value is -1.87. The Morgan fingerprint density at radius 3 is 2.16 bits per heavy atom. The van der Waals surface area contributed by atoms with E-state index in [-0.39, 0.29) is 0 Å². The Morgan fingerprint density at radius 2 is 1.44 bits per heavy atom. The highest BCUT2D eigenvalue weighted by Gasteiger charge is 2.05. The lowest BCUT2D eigenvalue weighted by Crippen LogP contribution is -2.03. The summed E-state index contributed by atoms with van der Waals surface area (Å²) in [6.07, 6.45) is 0. The SMILES string of the molecule is Clc1ccc(COc2ccccc2CNc2cc(Cl)cc(Cl)c2)cc1. The van der Waals surface area contributed by atoms with E-state index in [1.54, 1.807) is 6.07 Å². The second kappa shape index (κ2) is 8.48. The predicted octanol–water partition coefficient (Wildman–Crippen LogP) is 6.84. The predicted molar refractivity (Wildman–Crippen MR) is 106 cm³/mol. The van der Waals surface area contributed by atoms with Gasteiger partial charge < -0.3 is 10.1 Å². The van der Waals surface area contributed by atoms with Gasteiger partial charge in [-0.1, -0.05) is 65.1 Å². The zero-order valence-corrected chi connectivity index (χ0v) is 15.6.